The molecule has 3 nitrogen and oxygen atoms in total. The Hall–Kier alpha value is -0.910. The number of carbonyl (C=O) groups excluding carboxylic acids is 2. The van der Waals surface area contributed by atoms with E-state index < -0.39 is 29.7 Å². The Bertz CT molecular complexity index is 285. The van der Waals surface area contributed by atoms with Gasteiger partial charge in [-0.2, -0.15) is 13.2 Å². The summed E-state index contributed by atoms with van der Waals surface area (Å²) >= 11 is 0. The monoisotopic (exact) mass is 222 g/mol. The molecule has 0 saturated heterocycles. The Morgan fingerprint density at radius 3 is 2.13 bits per heavy atom. The summed E-state index contributed by atoms with van der Waals surface area (Å²) in [4.78, 5) is 21.0. The predicted octanol–water partition coefficient (Wildman–Crippen LogP) is 1.18. The van der Waals surface area contributed by atoms with Gasteiger partial charge in [-0.25, -0.2) is 0 Å². The van der Waals surface area contributed by atoms with Crippen molar-refractivity contribution in [2.75, 3.05) is 6.61 Å². The number of rotatable bonds is 4. The number of ether oxygens (including phenoxy) is 1. The molecule has 0 heterocycles. The van der Waals surface area contributed by atoms with E-state index in [4.69, 9.17) is 0 Å². The van der Waals surface area contributed by atoms with E-state index in [1.165, 1.54) is 26.4 Å². The van der Waals surface area contributed by atoms with E-state index in [9.17, 15) is 22.8 Å². The van der Waals surface area contributed by atoms with Gasteiger partial charge in [0.15, 0.2) is 5.60 Å². The highest BCUT2D eigenvalue weighted by molar-refractivity contribution is 5.83. The zero-order chi connectivity index (χ0) is 11.9. The van der Waals surface area contributed by atoms with Gasteiger partial charge in [-0.1, -0.05) is 13.8 Å². The zero-order valence-corrected chi connectivity index (χ0v) is 8.14. The first kappa shape index (κ1) is 12.2. The van der Waals surface area contributed by atoms with Crippen LogP contribution in [-0.4, -0.2) is 31.0 Å². The minimum Gasteiger partial charge on any atom is -0.356 e. The molecule has 2 unspecified atom stereocenters. The molecule has 15 heavy (non-hydrogen) atoms. The minimum absolute atomic E-state index is 0.970. The quantitative estimate of drug-likeness (QED) is 0.717. The van der Waals surface area contributed by atoms with Crippen molar-refractivity contribution in [3.8, 4) is 0 Å². The summed E-state index contributed by atoms with van der Waals surface area (Å²) in [5, 5.41) is 0. The van der Waals surface area contributed by atoms with Gasteiger partial charge in [0.25, 0.3) is 0 Å². The average molecular weight is 222 g/mol. The van der Waals surface area contributed by atoms with Crippen molar-refractivity contribution >= 4 is 12.6 Å². The van der Waals surface area contributed by atoms with E-state index in [2.05, 4.69) is 4.74 Å². The lowest BCUT2D eigenvalue weighted by Gasteiger charge is -2.15. The second-order valence-electron chi connectivity index (χ2n) is 4.01. The summed E-state index contributed by atoms with van der Waals surface area (Å²) in [5.41, 5.74) is -2.76. The third-order valence-electron chi connectivity index (χ3n) is 2.74. The maximum Gasteiger partial charge on any atom is 0.411 e. The highest BCUT2D eigenvalue weighted by Gasteiger charge is 2.75. The molecule has 84 valence electrons. The Balaban J connectivity index is 2.74. The summed E-state index contributed by atoms with van der Waals surface area (Å²) in [6, 6.07) is 0. The highest BCUT2D eigenvalue weighted by atomic mass is 19.4. The van der Waals surface area contributed by atoms with Crippen LogP contribution in [-0.2, 0) is 14.3 Å². The van der Waals surface area contributed by atoms with E-state index in [-0.39, 0.29) is 0 Å². The molecule has 0 aromatic carbocycles. The molecule has 0 aromatic heterocycles. The standard InChI is InChI=1S/C9H9F3O3/c1-7(2)6(3-13)8(7,4-14)15-5-9(10,11)12/h6H,5H2,1-2H3. The first-order valence-electron chi connectivity index (χ1n) is 4.19. The lowest BCUT2D eigenvalue weighted by Crippen LogP contribution is -2.30. The fourth-order valence-electron chi connectivity index (χ4n) is 1.64. The average Bonchev–Trinajstić information content (AvgIpc) is 2.57. The fraction of sp³-hybridized carbons (Fsp3) is 0.778. The van der Waals surface area contributed by atoms with Gasteiger partial charge in [-0.3, -0.25) is 9.59 Å². The Kier molecular flexibility index (Phi) is 2.67. The zero-order valence-electron chi connectivity index (χ0n) is 8.14. The molecule has 0 aromatic rings. The Morgan fingerprint density at radius 2 is 1.87 bits per heavy atom. The topological polar surface area (TPSA) is 43.4 Å². The van der Waals surface area contributed by atoms with Crippen LogP contribution < -0.4 is 0 Å². The molecule has 1 aliphatic rings. The summed E-state index contributed by atoms with van der Waals surface area (Å²) in [7, 11) is 0. The Morgan fingerprint density at radius 1 is 1.33 bits per heavy atom. The van der Waals surface area contributed by atoms with Crippen molar-refractivity contribution < 1.29 is 27.5 Å². The molecule has 6 heteroatoms. The molecule has 2 atom stereocenters. The van der Waals surface area contributed by atoms with Gasteiger partial charge in [0.1, 0.15) is 6.61 Å². The van der Waals surface area contributed by atoms with Crippen molar-refractivity contribution in [2.45, 2.75) is 25.6 Å². The van der Waals surface area contributed by atoms with Crippen LogP contribution in [0, 0.1) is 11.3 Å². The van der Waals surface area contributed by atoms with Gasteiger partial charge in [0.2, 0.25) is 12.6 Å². The lowest BCUT2D eigenvalue weighted by atomic mass is 10.1. The maximum atomic E-state index is 11.9. The number of alkyl halides is 3. The van der Waals surface area contributed by atoms with Crippen molar-refractivity contribution in [3.05, 3.63) is 0 Å². The normalized spacial score (nSPS) is 33.5. The summed E-state index contributed by atoms with van der Waals surface area (Å²) in [6.07, 6.45) is -1.65. The third kappa shape index (κ3) is 1.78. The van der Waals surface area contributed by atoms with Crippen LogP contribution in [0.2, 0.25) is 0 Å². The molecule has 1 aliphatic carbocycles. The van der Waals surface area contributed by atoms with Gasteiger partial charge in [-0.05, 0) is 0 Å². The predicted molar refractivity (Wildman–Crippen MR) is 43.4 cm³/mol. The van der Waals surface area contributed by atoms with Gasteiger partial charge in [-0.15, -0.1) is 0 Å². The van der Waals surface area contributed by atoms with E-state index in [0.717, 1.165) is 0 Å². The highest BCUT2D eigenvalue weighted by Crippen LogP contribution is 2.62. The molecule has 0 spiro atoms. The first-order chi connectivity index (χ1) is 6.71. The lowest BCUT2D eigenvalue weighted by molar-refractivity contribution is -0.185. The van der Waals surface area contributed by atoms with E-state index in [1.807, 2.05) is 0 Å². The summed E-state index contributed by atoms with van der Waals surface area (Å²) in [5.74, 6) is -0.982. The van der Waals surface area contributed by atoms with Crippen LogP contribution in [0.25, 0.3) is 0 Å². The molecule has 2 radical (unpaired) electrons. The molecule has 0 amide bonds. The second kappa shape index (κ2) is 3.30. The van der Waals surface area contributed by atoms with Gasteiger partial charge >= 0.3 is 6.18 Å². The van der Waals surface area contributed by atoms with Gasteiger partial charge in [0.05, 0.1) is 5.92 Å². The molecule has 1 fully saturated rings. The van der Waals surface area contributed by atoms with E-state index in [1.54, 1.807) is 0 Å². The molecular weight excluding hydrogens is 213 g/mol. The smallest absolute Gasteiger partial charge is 0.356 e. The molecule has 0 N–H and O–H groups in total. The van der Waals surface area contributed by atoms with Crippen LogP contribution >= 0.6 is 0 Å². The second-order valence-corrected chi connectivity index (χ2v) is 4.01. The number of hydrogen-bond donors (Lipinski definition) is 0. The SMILES string of the molecule is CC1(C)C([C]=O)C1([C]=O)OCC(F)(F)F. The minimum atomic E-state index is -4.53. The maximum absolute atomic E-state index is 11.9. The third-order valence-corrected chi connectivity index (χ3v) is 2.74. The van der Waals surface area contributed by atoms with Crippen LogP contribution in [0.4, 0.5) is 13.2 Å². The first-order valence-corrected chi connectivity index (χ1v) is 4.19. The number of hydrogen-bond acceptors (Lipinski definition) is 3. The van der Waals surface area contributed by atoms with Gasteiger partial charge < -0.3 is 4.74 Å². The Labute approximate surface area is 84.6 Å². The van der Waals surface area contributed by atoms with Crippen LogP contribution in [0.5, 0.6) is 0 Å². The molecule has 1 rings (SSSR count). The molecule has 0 bridgehead atoms. The van der Waals surface area contributed by atoms with E-state index in [0.29, 0.717) is 0 Å². The largest absolute Gasteiger partial charge is 0.411 e. The molecular formula is C9H9F3O3. The molecule has 1 saturated carbocycles. The fourth-order valence-corrected chi connectivity index (χ4v) is 1.64. The van der Waals surface area contributed by atoms with E-state index >= 15 is 0 Å². The number of halogens is 3. The van der Waals surface area contributed by atoms with Crippen molar-refractivity contribution in [2.24, 2.45) is 11.3 Å². The van der Waals surface area contributed by atoms with Crippen molar-refractivity contribution in [3.63, 3.8) is 0 Å². The van der Waals surface area contributed by atoms with Crippen LogP contribution in [0.3, 0.4) is 0 Å². The summed E-state index contributed by atoms with van der Waals surface area (Å²) in [6.45, 7) is 1.36. The molecule has 0 aliphatic heterocycles. The van der Waals surface area contributed by atoms with Crippen molar-refractivity contribution in [1.82, 2.24) is 0 Å². The van der Waals surface area contributed by atoms with Crippen LogP contribution in [0.15, 0.2) is 0 Å². The van der Waals surface area contributed by atoms with Crippen LogP contribution in [0.1, 0.15) is 13.8 Å². The van der Waals surface area contributed by atoms with Gasteiger partial charge in [0, 0.05) is 5.41 Å². The van der Waals surface area contributed by atoms with Crippen molar-refractivity contribution in [1.29, 1.82) is 0 Å². The summed E-state index contributed by atoms with van der Waals surface area (Å²) < 4.78 is 40.1.